The lowest BCUT2D eigenvalue weighted by Gasteiger charge is -2.19. The van der Waals surface area contributed by atoms with Crippen LogP contribution < -0.4 is 16.1 Å². The van der Waals surface area contributed by atoms with Gasteiger partial charge in [-0.15, -0.1) is 0 Å². The third-order valence-electron chi connectivity index (χ3n) is 4.10. The zero-order valence-corrected chi connectivity index (χ0v) is 18.8. The fourth-order valence-electron chi connectivity index (χ4n) is 2.61. The molecule has 13 nitrogen and oxygen atoms in total. The van der Waals surface area contributed by atoms with E-state index in [1.54, 1.807) is 20.8 Å². The van der Waals surface area contributed by atoms with Crippen molar-refractivity contribution in [2.24, 2.45) is 0 Å². The molecule has 4 N–H and O–H groups in total. The standard InChI is InChI=1S/C20H30N4O9/c1-20(2,3)33-19(31)23-32-12-15(26)22-13(18(29)30)6-4-5-10-21-14(25)9-11-24-16(27)7-8-17(24)28/h7-8,13H,4-6,9-12H2,1-3H3,(H,21,25)(H,22,26)(H,23,31)(H,29,30)/t13-/m0/s1. The molecular weight excluding hydrogens is 440 g/mol. The highest BCUT2D eigenvalue weighted by Crippen LogP contribution is 2.06. The van der Waals surface area contributed by atoms with E-state index in [2.05, 4.69) is 10.6 Å². The van der Waals surface area contributed by atoms with Crippen LogP contribution in [0.2, 0.25) is 0 Å². The average molecular weight is 470 g/mol. The summed E-state index contributed by atoms with van der Waals surface area (Å²) in [6.45, 7) is 4.60. The van der Waals surface area contributed by atoms with E-state index in [0.29, 0.717) is 12.8 Å². The van der Waals surface area contributed by atoms with Crippen LogP contribution in [0.4, 0.5) is 4.79 Å². The van der Waals surface area contributed by atoms with Crippen LogP contribution in [0.1, 0.15) is 46.5 Å². The zero-order chi connectivity index (χ0) is 25.0. The lowest BCUT2D eigenvalue weighted by molar-refractivity contribution is -0.143. The summed E-state index contributed by atoms with van der Waals surface area (Å²) >= 11 is 0. The maximum Gasteiger partial charge on any atom is 0.431 e. The van der Waals surface area contributed by atoms with Crippen molar-refractivity contribution in [2.75, 3.05) is 19.7 Å². The highest BCUT2D eigenvalue weighted by atomic mass is 16.7. The number of hydroxylamine groups is 1. The van der Waals surface area contributed by atoms with Crippen molar-refractivity contribution >= 4 is 35.7 Å². The molecule has 13 heteroatoms. The van der Waals surface area contributed by atoms with Crippen molar-refractivity contribution in [3.05, 3.63) is 12.2 Å². The quantitative estimate of drug-likeness (QED) is 0.158. The first-order valence-corrected chi connectivity index (χ1v) is 10.3. The van der Waals surface area contributed by atoms with Crippen molar-refractivity contribution in [2.45, 2.75) is 58.1 Å². The van der Waals surface area contributed by atoms with Gasteiger partial charge in [0.2, 0.25) is 11.8 Å². The van der Waals surface area contributed by atoms with Crippen LogP contribution in [-0.4, -0.2) is 77.0 Å². The molecule has 1 aliphatic rings. The fraction of sp³-hybridized carbons (Fsp3) is 0.600. The van der Waals surface area contributed by atoms with Gasteiger partial charge in [-0.25, -0.2) is 9.59 Å². The van der Waals surface area contributed by atoms with Gasteiger partial charge in [0.25, 0.3) is 11.8 Å². The molecule has 0 aliphatic carbocycles. The van der Waals surface area contributed by atoms with Crippen LogP contribution in [0.3, 0.4) is 0 Å². The van der Waals surface area contributed by atoms with E-state index in [-0.39, 0.29) is 31.8 Å². The van der Waals surface area contributed by atoms with E-state index >= 15 is 0 Å². The Morgan fingerprint density at radius 1 is 1.06 bits per heavy atom. The van der Waals surface area contributed by atoms with Gasteiger partial charge in [-0.2, -0.15) is 5.48 Å². The Hall–Kier alpha value is -3.48. The lowest BCUT2D eigenvalue weighted by atomic mass is 10.1. The highest BCUT2D eigenvalue weighted by molar-refractivity contribution is 6.13. The van der Waals surface area contributed by atoms with Gasteiger partial charge in [0.05, 0.1) is 0 Å². The Morgan fingerprint density at radius 3 is 2.27 bits per heavy atom. The molecule has 0 radical (unpaired) electrons. The predicted octanol–water partition coefficient (Wildman–Crippen LogP) is -0.386. The van der Waals surface area contributed by atoms with Gasteiger partial charge >= 0.3 is 12.1 Å². The first kappa shape index (κ1) is 27.6. The summed E-state index contributed by atoms with van der Waals surface area (Å²) in [6, 6.07) is -1.17. The minimum Gasteiger partial charge on any atom is -0.480 e. The Balaban J connectivity index is 2.20. The molecule has 184 valence electrons. The summed E-state index contributed by atoms with van der Waals surface area (Å²) in [4.78, 5) is 74.8. The monoisotopic (exact) mass is 470 g/mol. The summed E-state index contributed by atoms with van der Waals surface area (Å²) in [7, 11) is 0. The number of amides is 5. The molecule has 0 aromatic carbocycles. The average Bonchev–Trinajstić information content (AvgIpc) is 3.01. The fourth-order valence-corrected chi connectivity index (χ4v) is 2.61. The van der Waals surface area contributed by atoms with Crippen LogP contribution in [0, 0.1) is 0 Å². The SMILES string of the molecule is CC(C)(C)OC(=O)NOCC(=O)N[C@@H](CCCCNC(=O)CCN1C(=O)C=CC1=O)C(=O)O. The first-order valence-electron chi connectivity index (χ1n) is 10.3. The third-order valence-corrected chi connectivity index (χ3v) is 4.10. The number of carboxylic acids is 1. The number of nitrogens with zero attached hydrogens (tertiary/aromatic N) is 1. The Labute approximate surface area is 190 Å². The number of imide groups is 1. The number of ether oxygens (including phenoxy) is 1. The maximum absolute atomic E-state index is 11.8. The number of nitrogens with one attached hydrogen (secondary N) is 3. The maximum atomic E-state index is 11.8. The van der Waals surface area contributed by atoms with Crippen molar-refractivity contribution in [1.29, 1.82) is 0 Å². The molecule has 0 unspecified atom stereocenters. The number of rotatable bonds is 13. The van der Waals surface area contributed by atoms with Gasteiger partial charge in [0.15, 0.2) is 6.61 Å². The third kappa shape index (κ3) is 11.6. The number of aliphatic carboxylic acids is 1. The molecular formula is C20H30N4O9. The molecule has 0 aromatic heterocycles. The smallest absolute Gasteiger partial charge is 0.431 e. The molecule has 0 saturated carbocycles. The zero-order valence-electron chi connectivity index (χ0n) is 18.8. The van der Waals surface area contributed by atoms with Crippen molar-refractivity contribution in [3.63, 3.8) is 0 Å². The minimum absolute atomic E-state index is 0.0194. The Bertz CT molecular complexity index is 771. The van der Waals surface area contributed by atoms with Gasteiger partial charge in [0.1, 0.15) is 11.6 Å². The summed E-state index contributed by atoms with van der Waals surface area (Å²) in [5.41, 5.74) is 1.18. The molecule has 1 rings (SSSR count). The molecule has 0 fully saturated rings. The van der Waals surface area contributed by atoms with Crippen LogP contribution in [0.5, 0.6) is 0 Å². The second-order valence-electron chi connectivity index (χ2n) is 8.11. The number of carbonyl (C=O) groups excluding carboxylic acids is 5. The molecule has 33 heavy (non-hydrogen) atoms. The van der Waals surface area contributed by atoms with E-state index in [4.69, 9.17) is 9.57 Å². The van der Waals surface area contributed by atoms with E-state index in [1.165, 1.54) is 0 Å². The van der Waals surface area contributed by atoms with Crippen molar-refractivity contribution in [1.82, 2.24) is 21.0 Å². The summed E-state index contributed by atoms with van der Waals surface area (Å²) < 4.78 is 4.92. The van der Waals surface area contributed by atoms with Crippen LogP contribution >= 0.6 is 0 Å². The van der Waals surface area contributed by atoms with Crippen molar-refractivity contribution < 1.29 is 43.4 Å². The summed E-state index contributed by atoms with van der Waals surface area (Å²) in [5, 5.41) is 14.1. The topological polar surface area (TPSA) is 180 Å². The molecule has 5 amide bonds. The van der Waals surface area contributed by atoms with Gasteiger partial charge < -0.3 is 20.5 Å². The largest absolute Gasteiger partial charge is 0.480 e. The molecule has 0 spiro atoms. The number of hydrogen-bond acceptors (Lipinski definition) is 8. The first-order chi connectivity index (χ1) is 15.4. The van der Waals surface area contributed by atoms with Crippen LogP contribution in [-0.2, 0) is 33.5 Å². The number of unbranched alkanes of at least 4 members (excludes halogenated alkanes) is 1. The van der Waals surface area contributed by atoms with Gasteiger partial charge in [-0.05, 0) is 40.0 Å². The predicted molar refractivity (Wildman–Crippen MR) is 112 cm³/mol. The summed E-state index contributed by atoms with van der Waals surface area (Å²) in [6.07, 6.45) is 2.31. The Morgan fingerprint density at radius 2 is 1.70 bits per heavy atom. The molecule has 0 aromatic rings. The molecule has 0 saturated heterocycles. The Kier molecular flexibility index (Phi) is 11.0. The van der Waals surface area contributed by atoms with E-state index in [0.717, 1.165) is 17.1 Å². The molecule has 0 bridgehead atoms. The number of carbonyl (C=O) groups is 6. The molecule has 1 aliphatic heterocycles. The summed E-state index contributed by atoms with van der Waals surface area (Å²) in [5.74, 6) is -3.24. The second kappa shape index (κ2) is 13.2. The normalized spacial score (nSPS) is 14.1. The van der Waals surface area contributed by atoms with E-state index in [9.17, 15) is 33.9 Å². The van der Waals surface area contributed by atoms with E-state index in [1.807, 2.05) is 5.48 Å². The molecule has 1 heterocycles. The van der Waals surface area contributed by atoms with Crippen LogP contribution in [0.25, 0.3) is 0 Å². The van der Waals surface area contributed by atoms with E-state index < -0.39 is 48.0 Å². The number of hydrogen-bond donors (Lipinski definition) is 4. The lowest BCUT2D eigenvalue weighted by Crippen LogP contribution is -2.43. The van der Waals surface area contributed by atoms with Gasteiger partial charge in [-0.1, -0.05) is 0 Å². The minimum atomic E-state index is -1.24. The second-order valence-corrected chi connectivity index (χ2v) is 8.11. The molecule has 1 atom stereocenters. The van der Waals surface area contributed by atoms with Gasteiger partial charge in [-0.3, -0.25) is 28.9 Å². The van der Waals surface area contributed by atoms with Gasteiger partial charge in [0, 0.05) is 31.7 Å². The van der Waals surface area contributed by atoms with Crippen LogP contribution in [0.15, 0.2) is 12.2 Å². The van der Waals surface area contributed by atoms with Crippen molar-refractivity contribution in [3.8, 4) is 0 Å². The number of carboxylic acid groups (broad SMARTS) is 1. The highest BCUT2D eigenvalue weighted by Gasteiger charge is 2.24.